The Bertz CT molecular complexity index is 552. The Balaban J connectivity index is 1.84. The van der Waals surface area contributed by atoms with Gasteiger partial charge in [0.25, 0.3) is 0 Å². The molecule has 21 heavy (non-hydrogen) atoms. The summed E-state index contributed by atoms with van der Waals surface area (Å²) in [6.07, 6.45) is 4.08. The maximum absolute atomic E-state index is 4.30. The lowest BCUT2D eigenvalue weighted by Gasteiger charge is -2.20. The predicted molar refractivity (Wildman–Crippen MR) is 90.5 cm³/mol. The van der Waals surface area contributed by atoms with Gasteiger partial charge in [-0.3, -0.25) is 4.68 Å². The fraction of sp³-hybridized carbons (Fsp3) is 0.471. The second-order valence-electron chi connectivity index (χ2n) is 6.24. The molecule has 2 rings (SSSR count). The number of thioether (sulfide) groups is 1. The van der Waals surface area contributed by atoms with Crippen molar-refractivity contribution in [3.8, 4) is 0 Å². The van der Waals surface area contributed by atoms with Crippen LogP contribution in [0.15, 0.2) is 41.6 Å². The van der Waals surface area contributed by atoms with Gasteiger partial charge in [-0.15, -0.1) is 11.8 Å². The van der Waals surface area contributed by atoms with E-state index in [1.165, 1.54) is 16.0 Å². The van der Waals surface area contributed by atoms with Gasteiger partial charge in [0.05, 0.1) is 6.20 Å². The lowest BCUT2D eigenvalue weighted by atomic mass is 10.1. The number of hydrogen-bond donors (Lipinski definition) is 1. The van der Waals surface area contributed by atoms with Crippen molar-refractivity contribution in [3.05, 3.63) is 47.8 Å². The van der Waals surface area contributed by atoms with Gasteiger partial charge < -0.3 is 5.32 Å². The zero-order chi connectivity index (χ0) is 15.3. The molecule has 0 saturated heterocycles. The van der Waals surface area contributed by atoms with E-state index in [2.05, 4.69) is 68.6 Å². The van der Waals surface area contributed by atoms with Crippen LogP contribution in [0.5, 0.6) is 0 Å². The molecule has 1 aromatic heterocycles. The van der Waals surface area contributed by atoms with Gasteiger partial charge in [0.1, 0.15) is 0 Å². The minimum Gasteiger partial charge on any atom is -0.308 e. The van der Waals surface area contributed by atoms with E-state index in [0.29, 0.717) is 0 Å². The highest BCUT2D eigenvalue weighted by molar-refractivity contribution is 7.98. The topological polar surface area (TPSA) is 29.9 Å². The average molecular weight is 303 g/mol. The fourth-order valence-corrected chi connectivity index (χ4v) is 2.70. The number of aromatic nitrogens is 2. The molecule has 2 aromatic rings. The lowest BCUT2D eigenvalue weighted by molar-refractivity contribution is 0.424. The monoisotopic (exact) mass is 303 g/mol. The zero-order valence-electron chi connectivity index (χ0n) is 13.4. The molecule has 1 N–H and O–H groups in total. The molecule has 4 heteroatoms. The van der Waals surface area contributed by atoms with Crippen LogP contribution in [0.25, 0.3) is 0 Å². The van der Waals surface area contributed by atoms with Gasteiger partial charge in [-0.2, -0.15) is 5.10 Å². The molecule has 0 fully saturated rings. The van der Waals surface area contributed by atoms with Crippen LogP contribution in [0.4, 0.5) is 0 Å². The molecule has 114 valence electrons. The Morgan fingerprint density at radius 1 is 1.14 bits per heavy atom. The van der Waals surface area contributed by atoms with E-state index in [1.807, 2.05) is 22.6 Å². The van der Waals surface area contributed by atoms with Gasteiger partial charge in [-0.05, 0) is 45.4 Å². The second-order valence-corrected chi connectivity index (χ2v) is 7.29. The van der Waals surface area contributed by atoms with Crippen molar-refractivity contribution in [1.29, 1.82) is 0 Å². The van der Waals surface area contributed by atoms with Crippen LogP contribution in [-0.2, 0) is 18.8 Å². The third kappa shape index (κ3) is 5.56. The van der Waals surface area contributed by atoms with Crippen LogP contribution >= 0.6 is 11.8 Å². The van der Waals surface area contributed by atoms with E-state index < -0.39 is 0 Å². The Morgan fingerprint density at radius 2 is 1.86 bits per heavy atom. The van der Waals surface area contributed by atoms with Gasteiger partial charge in [-0.1, -0.05) is 12.1 Å². The highest BCUT2D eigenvalue weighted by Gasteiger charge is 2.08. The minimum absolute atomic E-state index is 0.160. The molecule has 1 heterocycles. The van der Waals surface area contributed by atoms with Gasteiger partial charge in [0, 0.05) is 41.0 Å². The molecule has 0 aliphatic heterocycles. The first-order chi connectivity index (χ1) is 9.96. The van der Waals surface area contributed by atoms with Crippen molar-refractivity contribution in [2.24, 2.45) is 0 Å². The van der Waals surface area contributed by atoms with Crippen molar-refractivity contribution in [2.75, 3.05) is 0 Å². The number of nitrogens with one attached hydrogen (secondary N) is 1. The van der Waals surface area contributed by atoms with Gasteiger partial charge in [-0.25, -0.2) is 0 Å². The Kier molecular flexibility index (Phi) is 5.48. The largest absolute Gasteiger partial charge is 0.308 e. The van der Waals surface area contributed by atoms with Crippen molar-refractivity contribution in [2.45, 2.75) is 57.0 Å². The third-order valence-electron chi connectivity index (χ3n) is 3.16. The molecule has 1 aromatic carbocycles. The minimum atomic E-state index is 0.160. The summed E-state index contributed by atoms with van der Waals surface area (Å²) in [4.78, 5) is 1.30. The zero-order valence-corrected chi connectivity index (χ0v) is 14.2. The van der Waals surface area contributed by atoms with Crippen LogP contribution in [0.3, 0.4) is 0 Å². The quantitative estimate of drug-likeness (QED) is 0.815. The van der Waals surface area contributed by atoms with Crippen molar-refractivity contribution < 1.29 is 0 Å². The van der Waals surface area contributed by atoms with E-state index in [0.717, 1.165) is 18.8 Å². The van der Waals surface area contributed by atoms with Gasteiger partial charge in [0.15, 0.2) is 0 Å². The molecule has 0 spiro atoms. The molecular formula is C17H25N3S. The third-order valence-corrected chi connectivity index (χ3v) is 4.25. The van der Waals surface area contributed by atoms with E-state index in [9.17, 15) is 0 Å². The number of rotatable bonds is 6. The van der Waals surface area contributed by atoms with Crippen LogP contribution in [-0.4, -0.2) is 15.3 Å². The summed E-state index contributed by atoms with van der Waals surface area (Å²) in [5, 5.41) is 7.81. The standard InChI is InChI=1S/C17H25N3S/c1-5-20-12-15(11-19-20)13-21-16-8-6-14(7-9-16)10-18-17(2,3)4/h6-9,11-12,18H,5,10,13H2,1-4H3. The van der Waals surface area contributed by atoms with E-state index in [-0.39, 0.29) is 5.54 Å². The number of nitrogens with zero attached hydrogens (tertiary/aromatic N) is 2. The average Bonchev–Trinajstić information content (AvgIpc) is 2.91. The molecule has 0 saturated carbocycles. The molecule has 0 radical (unpaired) electrons. The Hall–Kier alpha value is -1.26. The molecule has 0 unspecified atom stereocenters. The summed E-state index contributed by atoms with van der Waals surface area (Å²) < 4.78 is 1.97. The van der Waals surface area contributed by atoms with Crippen LogP contribution in [0, 0.1) is 0 Å². The summed E-state index contributed by atoms with van der Waals surface area (Å²) in [6, 6.07) is 8.82. The predicted octanol–water partition coefficient (Wildman–Crippen LogP) is 4.08. The normalized spacial score (nSPS) is 11.8. The summed E-state index contributed by atoms with van der Waals surface area (Å²) in [6.45, 7) is 10.5. The van der Waals surface area contributed by atoms with Crippen molar-refractivity contribution >= 4 is 11.8 Å². The highest BCUT2D eigenvalue weighted by Crippen LogP contribution is 2.23. The fourth-order valence-electron chi connectivity index (χ4n) is 1.89. The maximum atomic E-state index is 4.30. The van der Waals surface area contributed by atoms with Crippen LogP contribution in [0.1, 0.15) is 38.8 Å². The first-order valence-corrected chi connectivity index (χ1v) is 8.43. The molecule has 0 aliphatic carbocycles. The molecule has 0 atom stereocenters. The van der Waals surface area contributed by atoms with Crippen LogP contribution < -0.4 is 5.32 Å². The van der Waals surface area contributed by atoms with Crippen molar-refractivity contribution in [1.82, 2.24) is 15.1 Å². The summed E-state index contributed by atoms with van der Waals surface area (Å²) in [5.74, 6) is 0.972. The first-order valence-electron chi connectivity index (χ1n) is 7.44. The summed E-state index contributed by atoms with van der Waals surface area (Å²) >= 11 is 1.86. The molecule has 3 nitrogen and oxygen atoms in total. The van der Waals surface area contributed by atoms with E-state index in [1.54, 1.807) is 0 Å². The van der Waals surface area contributed by atoms with E-state index in [4.69, 9.17) is 0 Å². The molecular weight excluding hydrogens is 278 g/mol. The number of aryl methyl sites for hydroxylation is 1. The summed E-state index contributed by atoms with van der Waals surface area (Å²) in [7, 11) is 0. The molecule has 0 amide bonds. The first kappa shape index (κ1) is 16.1. The Morgan fingerprint density at radius 3 is 2.43 bits per heavy atom. The molecule has 0 aliphatic rings. The lowest BCUT2D eigenvalue weighted by Crippen LogP contribution is -2.35. The smallest absolute Gasteiger partial charge is 0.0530 e. The van der Waals surface area contributed by atoms with Gasteiger partial charge >= 0.3 is 0 Å². The number of hydrogen-bond acceptors (Lipinski definition) is 3. The maximum Gasteiger partial charge on any atom is 0.0530 e. The second kappa shape index (κ2) is 7.14. The summed E-state index contributed by atoms with van der Waals surface area (Å²) in [5.41, 5.74) is 2.76. The van der Waals surface area contributed by atoms with Crippen molar-refractivity contribution in [3.63, 3.8) is 0 Å². The highest BCUT2D eigenvalue weighted by atomic mass is 32.2. The van der Waals surface area contributed by atoms with Gasteiger partial charge in [0.2, 0.25) is 0 Å². The van der Waals surface area contributed by atoms with Crippen LogP contribution in [0.2, 0.25) is 0 Å². The number of benzene rings is 1. The Labute approximate surface area is 132 Å². The van der Waals surface area contributed by atoms with E-state index >= 15 is 0 Å². The molecule has 0 bridgehead atoms. The SMILES string of the molecule is CCn1cc(CSc2ccc(CNC(C)(C)C)cc2)cn1.